The van der Waals surface area contributed by atoms with Crippen LogP contribution < -0.4 is 26.6 Å². The molecule has 5 rings (SSSR count). The van der Waals surface area contributed by atoms with Gasteiger partial charge in [0.1, 0.15) is 5.82 Å². The Morgan fingerprint density at radius 3 is 2.58 bits per heavy atom. The van der Waals surface area contributed by atoms with E-state index in [1.54, 1.807) is 36.7 Å². The van der Waals surface area contributed by atoms with Crippen LogP contribution in [0.1, 0.15) is 42.6 Å². The van der Waals surface area contributed by atoms with Gasteiger partial charge in [0.05, 0.1) is 6.20 Å². The van der Waals surface area contributed by atoms with Crippen LogP contribution in [0.15, 0.2) is 35.4 Å². The van der Waals surface area contributed by atoms with Crippen LogP contribution in [0, 0.1) is 5.41 Å². The molecule has 3 saturated heterocycles. The van der Waals surface area contributed by atoms with Crippen molar-refractivity contribution in [3.05, 3.63) is 36.2 Å². The predicted octanol–water partition coefficient (Wildman–Crippen LogP) is 1.81. The fraction of sp³-hybridized carbons (Fsp3) is 0.538. The number of anilines is 3. The van der Waals surface area contributed by atoms with Crippen LogP contribution in [0.25, 0.3) is 0 Å². The number of amides is 3. The van der Waals surface area contributed by atoms with Crippen molar-refractivity contribution in [2.75, 3.05) is 55.7 Å². The van der Waals surface area contributed by atoms with E-state index in [0.717, 1.165) is 58.4 Å². The Hall–Kier alpha value is -3.25. The molecule has 0 bridgehead atoms. The lowest BCUT2D eigenvalue weighted by Gasteiger charge is -2.40. The largest absolute Gasteiger partial charge is 0.364 e. The van der Waals surface area contributed by atoms with Crippen LogP contribution in [-0.4, -0.2) is 82.6 Å². The topological polar surface area (TPSA) is 146 Å². The summed E-state index contributed by atoms with van der Waals surface area (Å²) in [5.74, 6) is 0.185. The van der Waals surface area contributed by atoms with Crippen molar-refractivity contribution < 1.29 is 13.8 Å². The molecular formula is C26H36N8O3S. The molecule has 2 atom stereocenters. The summed E-state index contributed by atoms with van der Waals surface area (Å²) in [6.45, 7) is 5.12. The smallest absolute Gasteiger partial charge is 0.317 e. The zero-order valence-corrected chi connectivity index (χ0v) is 22.6. The van der Waals surface area contributed by atoms with E-state index in [0.29, 0.717) is 28.4 Å². The number of carbonyl (C=O) groups is 2. The first-order chi connectivity index (χ1) is 18.3. The highest BCUT2D eigenvalue weighted by Crippen LogP contribution is 2.37. The van der Waals surface area contributed by atoms with Gasteiger partial charge in [-0.3, -0.25) is 9.00 Å². The third-order valence-electron chi connectivity index (χ3n) is 7.96. The number of piperidine rings is 2. The minimum absolute atomic E-state index is 0.00299. The number of nitrogens with one attached hydrogen (secondary N) is 3. The molecule has 3 fully saturated rings. The molecule has 3 amide bonds. The zero-order chi connectivity index (χ0) is 26.7. The van der Waals surface area contributed by atoms with E-state index in [4.69, 9.17) is 5.73 Å². The molecule has 2 aromatic rings. The minimum atomic E-state index is -1.09. The Morgan fingerprint density at radius 2 is 1.92 bits per heavy atom. The number of primary amides is 1. The predicted molar refractivity (Wildman–Crippen MR) is 147 cm³/mol. The van der Waals surface area contributed by atoms with Gasteiger partial charge in [-0.2, -0.15) is 0 Å². The second-order valence-corrected chi connectivity index (χ2v) is 11.9. The summed E-state index contributed by atoms with van der Waals surface area (Å²) in [7, 11) is -1.09. The number of nitrogens with two attached hydrogens (primary N) is 1. The molecule has 1 aromatic heterocycles. The summed E-state index contributed by atoms with van der Waals surface area (Å²) in [5, 5.41) is 9.83. The van der Waals surface area contributed by atoms with Gasteiger partial charge in [0, 0.05) is 66.4 Å². The van der Waals surface area contributed by atoms with Crippen molar-refractivity contribution in [3.63, 3.8) is 0 Å². The zero-order valence-electron chi connectivity index (χ0n) is 21.7. The van der Waals surface area contributed by atoms with E-state index >= 15 is 0 Å². The van der Waals surface area contributed by atoms with Gasteiger partial charge in [0.25, 0.3) is 5.91 Å². The number of likely N-dealkylation sites (tertiary alicyclic amines) is 1. The maximum Gasteiger partial charge on any atom is 0.317 e. The minimum Gasteiger partial charge on any atom is -0.364 e. The molecule has 5 N–H and O–H groups in total. The summed E-state index contributed by atoms with van der Waals surface area (Å²) >= 11 is 0. The van der Waals surface area contributed by atoms with E-state index in [-0.39, 0.29) is 23.6 Å². The van der Waals surface area contributed by atoms with Crippen molar-refractivity contribution in [2.45, 2.75) is 43.0 Å². The Labute approximate surface area is 225 Å². The SMILES string of the molecule is CS(=O)c1ccc(Nc2nc(N3CCCC(NC(=O)N4CCC5(CCNC5)CC4)C3)cnc2C(N)=O)cc1. The van der Waals surface area contributed by atoms with Crippen molar-refractivity contribution in [1.29, 1.82) is 0 Å². The number of aromatic nitrogens is 2. The van der Waals surface area contributed by atoms with E-state index in [1.165, 1.54) is 6.42 Å². The summed E-state index contributed by atoms with van der Waals surface area (Å²) in [4.78, 5) is 38.8. The van der Waals surface area contributed by atoms with Gasteiger partial charge >= 0.3 is 6.03 Å². The van der Waals surface area contributed by atoms with Crippen LogP contribution in [-0.2, 0) is 10.8 Å². The van der Waals surface area contributed by atoms with Gasteiger partial charge in [-0.1, -0.05) is 0 Å². The van der Waals surface area contributed by atoms with Crippen molar-refractivity contribution in [3.8, 4) is 0 Å². The average molecular weight is 541 g/mol. The molecule has 0 radical (unpaired) electrons. The van der Waals surface area contributed by atoms with E-state index in [2.05, 4.69) is 30.8 Å². The van der Waals surface area contributed by atoms with E-state index in [9.17, 15) is 13.8 Å². The highest BCUT2D eigenvalue weighted by atomic mass is 32.2. The molecule has 4 heterocycles. The summed E-state index contributed by atoms with van der Waals surface area (Å²) < 4.78 is 11.7. The van der Waals surface area contributed by atoms with Crippen LogP contribution in [0.2, 0.25) is 0 Å². The Kier molecular flexibility index (Phi) is 7.80. The first-order valence-electron chi connectivity index (χ1n) is 13.2. The Morgan fingerprint density at radius 1 is 1.16 bits per heavy atom. The third kappa shape index (κ3) is 5.91. The van der Waals surface area contributed by atoms with Gasteiger partial charge in [-0.15, -0.1) is 0 Å². The fourth-order valence-electron chi connectivity index (χ4n) is 5.64. The lowest BCUT2D eigenvalue weighted by molar-refractivity contribution is 0.0996. The molecular weight excluding hydrogens is 504 g/mol. The first-order valence-corrected chi connectivity index (χ1v) is 14.8. The maximum atomic E-state index is 13.0. The average Bonchev–Trinajstić information content (AvgIpc) is 3.37. The number of nitrogens with zero attached hydrogens (tertiary/aromatic N) is 4. The van der Waals surface area contributed by atoms with E-state index in [1.807, 2.05) is 4.90 Å². The molecule has 0 saturated carbocycles. The van der Waals surface area contributed by atoms with Gasteiger partial charge in [-0.25, -0.2) is 14.8 Å². The highest BCUT2D eigenvalue weighted by Gasteiger charge is 2.38. The summed E-state index contributed by atoms with van der Waals surface area (Å²) in [5.41, 5.74) is 6.64. The molecule has 2 unspecified atom stereocenters. The van der Waals surface area contributed by atoms with Gasteiger partial charge in [0.2, 0.25) is 0 Å². The third-order valence-corrected chi connectivity index (χ3v) is 8.89. The lowest BCUT2D eigenvalue weighted by Crippen LogP contribution is -2.54. The van der Waals surface area contributed by atoms with Crippen LogP contribution in [0.3, 0.4) is 0 Å². The normalized spacial score (nSPS) is 21.8. The number of carbonyl (C=O) groups excluding carboxylic acids is 2. The molecule has 38 heavy (non-hydrogen) atoms. The van der Waals surface area contributed by atoms with E-state index < -0.39 is 16.7 Å². The number of hydrogen-bond acceptors (Lipinski definition) is 8. The number of benzene rings is 1. The first kappa shape index (κ1) is 26.4. The Balaban J connectivity index is 1.23. The fourth-order valence-corrected chi connectivity index (χ4v) is 6.16. The standard InChI is InChI=1S/C26H36N8O3S/c1-38(37)20-6-4-18(5-7-20)30-24-22(23(27)35)29-15-21(32-24)34-12-2-3-19(16-34)31-25(36)33-13-9-26(10-14-33)8-11-28-17-26/h4-7,15,19,28H,2-3,8-14,16-17H2,1H3,(H2,27,35)(H,30,32)(H,31,36). The molecule has 11 nitrogen and oxygen atoms in total. The number of rotatable bonds is 6. The number of hydrogen-bond donors (Lipinski definition) is 4. The molecule has 3 aliphatic rings. The van der Waals surface area contributed by atoms with Crippen LogP contribution in [0.5, 0.6) is 0 Å². The molecule has 1 aromatic carbocycles. The molecule has 1 spiro atoms. The molecule has 12 heteroatoms. The highest BCUT2D eigenvalue weighted by molar-refractivity contribution is 7.84. The monoisotopic (exact) mass is 540 g/mol. The molecule has 3 aliphatic heterocycles. The second kappa shape index (κ2) is 11.2. The molecule has 0 aliphatic carbocycles. The quantitative estimate of drug-likeness (QED) is 0.434. The van der Waals surface area contributed by atoms with Crippen molar-refractivity contribution >= 4 is 40.1 Å². The molecule has 204 valence electrons. The lowest BCUT2D eigenvalue weighted by atomic mass is 9.78. The van der Waals surface area contributed by atoms with Crippen LogP contribution in [0.4, 0.5) is 22.1 Å². The van der Waals surface area contributed by atoms with Crippen LogP contribution >= 0.6 is 0 Å². The van der Waals surface area contributed by atoms with Gasteiger partial charge < -0.3 is 31.5 Å². The second-order valence-electron chi connectivity index (χ2n) is 10.5. The van der Waals surface area contributed by atoms with Gasteiger partial charge in [0.15, 0.2) is 11.5 Å². The number of urea groups is 1. The Bertz CT molecular complexity index is 1190. The van der Waals surface area contributed by atoms with Crippen molar-refractivity contribution in [2.24, 2.45) is 11.1 Å². The summed E-state index contributed by atoms with van der Waals surface area (Å²) in [6.07, 6.45) is 8.29. The summed E-state index contributed by atoms with van der Waals surface area (Å²) in [6, 6.07) is 7.06. The maximum absolute atomic E-state index is 13.0. The van der Waals surface area contributed by atoms with Gasteiger partial charge in [-0.05, 0) is 68.3 Å². The van der Waals surface area contributed by atoms with Crippen molar-refractivity contribution in [1.82, 2.24) is 25.5 Å².